The van der Waals surface area contributed by atoms with E-state index < -0.39 is 0 Å². The molecule has 0 amide bonds. The van der Waals surface area contributed by atoms with E-state index in [0.29, 0.717) is 31.3 Å². The third kappa shape index (κ3) is 4.38. The normalized spacial score (nSPS) is 23.0. The lowest BCUT2D eigenvalue weighted by molar-refractivity contribution is -0.148. The number of H-pyrrole nitrogens is 1. The summed E-state index contributed by atoms with van der Waals surface area (Å²) < 4.78 is 16.5. The first-order chi connectivity index (χ1) is 18.8. The average Bonchev–Trinajstić information content (AvgIpc) is 3.28. The van der Waals surface area contributed by atoms with Gasteiger partial charge in [0.15, 0.2) is 5.65 Å². The van der Waals surface area contributed by atoms with Crippen LogP contribution < -0.4 is 4.74 Å². The molecule has 4 heterocycles. The van der Waals surface area contributed by atoms with Crippen LogP contribution in [0.1, 0.15) is 30.4 Å². The van der Waals surface area contributed by atoms with Crippen LogP contribution in [0.3, 0.4) is 0 Å². The molecule has 4 aromatic rings. The zero-order valence-corrected chi connectivity index (χ0v) is 21.9. The summed E-state index contributed by atoms with van der Waals surface area (Å²) in [6.45, 7) is 2.94. The van der Waals surface area contributed by atoms with E-state index in [4.69, 9.17) is 14.2 Å². The van der Waals surface area contributed by atoms with Gasteiger partial charge in [0.25, 0.3) is 0 Å². The maximum atomic E-state index is 5.73. The van der Waals surface area contributed by atoms with Crippen molar-refractivity contribution < 1.29 is 14.2 Å². The molecule has 1 N–H and O–H groups in total. The molecule has 2 unspecified atom stereocenters. The molecule has 2 saturated heterocycles. The lowest BCUT2D eigenvalue weighted by atomic mass is 9.87. The van der Waals surface area contributed by atoms with Crippen LogP contribution in [0.2, 0.25) is 0 Å². The Morgan fingerprint density at radius 3 is 2.47 bits per heavy atom. The molecule has 1 aliphatic carbocycles. The lowest BCUT2D eigenvalue weighted by Crippen LogP contribution is -2.66. The number of aromatic nitrogens is 3. The molecule has 0 radical (unpaired) electrons. The van der Waals surface area contributed by atoms with Crippen molar-refractivity contribution in [3.8, 4) is 28.1 Å². The maximum Gasteiger partial charge on any atom is 0.181 e. The van der Waals surface area contributed by atoms with Crippen molar-refractivity contribution in [1.82, 2.24) is 20.1 Å². The van der Waals surface area contributed by atoms with Gasteiger partial charge in [-0.05, 0) is 79.1 Å². The summed E-state index contributed by atoms with van der Waals surface area (Å²) in [6.07, 6.45) is 8.05. The van der Waals surface area contributed by atoms with Gasteiger partial charge in [-0.2, -0.15) is 5.10 Å². The largest absolute Gasteiger partial charge is 0.491 e. The Morgan fingerprint density at radius 2 is 1.68 bits per heavy atom. The summed E-state index contributed by atoms with van der Waals surface area (Å²) in [5.74, 6) is 0.825. The van der Waals surface area contributed by atoms with Crippen molar-refractivity contribution in [2.45, 2.75) is 50.2 Å². The van der Waals surface area contributed by atoms with E-state index in [1.165, 1.54) is 36.0 Å². The minimum Gasteiger partial charge on any atom is -0.491 e. The number of fused-ring (bicyclic) bond motifs is 4. The summed E-state index contributed by atoms with van der Waals surface area (Å²) >= 11 is 0. The van der Waals surface area contributed by atoms with Gasteiger partial charge in [-0.15, -0.1) is 0 Å². The van der Waals surface area contributed by atoms with E-state index in [0.717, 1.165) is 59.7 Å². The van der Waals surface area contributed by atoms with E-state index in [1.54, 1.807) is 7.11 Å². The lowest BCUT2D eigenvalue weighted by Gasteiger charge is -2.56. The highest BCUT2D eigenvalue weighted by Gasteiger charge is 2.45. The third-order valence-electron chi connectivity index (χ3n) is 8.57. The number of morpholine rings is 1. The first-order valence-corrected chi connectivity index (χ1v) is 13.8. The highest BCUT2D eigenvalue weighted by molar-refractivity contribution is 5.93. The molecule has 2 bridgehead atoms. The Hall–Kier alpha value is -3.26. The van der Waals surface area contributed by atoms with Gasteiger partial charge >= 0.3 is 0 Å². The van der Waals surface area contributed by atoms with E-state index in [9.17, 15) is 0 Å². The molecule has 7 rings (SSSR count). The number of hydrogen-bond donors (Lipinski definition) is 1. The topological polar surface area (TPSA) is 72.5 Å². The second-order valence-corrected chi connectivity index (χ2v) is 10.8. The first-order valence-electron chi connectivity index (χ1n) is 13.8. The van der Waals surface area contributed by atoms with Gasteiger partial charge in [0.2, 0.25) is 0 Å². The van der Waals surface area contributed by atoms with Gasteiger partial charge < -0.3 is 14.2 Å². The predicted octanol–water partition coefficient (Wildman–Crippen LogP) is 5.04. The second kappa shape index (κ2) is 10.1. The molecule has 7 nitrogen and oxygen atoms in total. The van der Waals surface area contributed by atoms with Gasteiger partial charge in [0, 0.05) is 47.9 Å². The first kappa shape index (κ1) is 23.8. The third-order valence-corrected chi connectivity index (χ3v) is 8.57. The summed E-state index contributed by atoms with van der Waals surface area (Å²) in [6, 6.07) is 19.3. The van der Waals surface area contributed by atoms with E-state index >= 15 is 0 Å². The number of ether oxygens (including phenoxy) is 3. The van der Waals surface area contributed by atoms with Gasteiger partial charge in [0.05, 0.1) is 25.5 Å². The fraction of sp³-hybridized carbons (Fsp3) is 0.419. The number of benzene rings is 2. The number of aryl methyl sites for hydroxylation is 2. The molecule has 2 aromatic carbocycles. The van der Waals surface area contributed by atoms with E-state index in [1.807, 2.05) is 18.3 Å². The fourth-order valence-electron chi connectivity index (χ4n) is 6.57. The smallest absolute Gasteiger partial charge is 0.181 e. The molecular weight excluding hydrogens is 476 g/mol. The molecule has 2 aliphatic heterocycles. The summed E-state index contributed by atoms with van der Waals surface area (Å²) in [5.41, 5.74) is 8.09. The van der Waals surface area contributed by atoms with Crippen molar-refractivity contribution in [2.75, 3.05) is 33.5 Å². The Balaban J connectivity index is 1.11. The van der Waals surface area contributed by atoms with E-state index in [2.05, 4.69) is 56.5 Å². The molecule has 3 atom stereocenters. The molecule has 2 fully saturated rings. The Kier molecular flexibility index (Phi) is 6.35. The van der Waals surface area contributed by atoms with Crippen LogP contribution in [0.25, 0.3) is 33.4 Å². The van der Waals surface area contributed by atoms with Gasteiger partial charge in [0.1, 0.15) is 12.4 Å². The highest BCUT2D eigenvalue weighted by atomic mass is 16.5. The van der Waals surface area contributed by atoms with Crippen molar-refractivity contribution in [3.63, 3.8) is 0 Å². The minimum absolute atomic E-state index is 0.534. The molecule has 7 heteroatoms. The van der Waals surface area contributed by atoms with Crippen molar-refractivity contribution >= 4 is 11.0 Å². The highest BCUT2D eigenvalue weighted by Crippen LogP contribution is 2.38. The van der Waals surface area contributed by atoms with Crippen LogP contribution in [-0.2, 0) is 22.3 Å². The van der Waals surface area contributed by atoms with Gasteiger partial charge in [-0.25, -0.2) is 4.98 Å². The Labute approximate surface area is 223 Å². The molecule has 3 aliphatic rings. The molecule has 0 saturated carbocycles. The van der Waals surface area contributed by atoms with Gasteiger partial charge in [-0.3, -0.25) is 10.00 Å². The zero-order chi connectivity index (χ0) is 25.5. The quantitative estimate of drug-likeness (QED) is 0.278. The summed E-state index contributed by atoms with van der Waals surface area (Å²) in [4.78, 5) is 7.46. The van der Waals surface area contributed by atoms with Crippen LogP contribution in [0, 0.1) is 0 Å². The maximum absolute atomic E-state index is 5.73. The number of nitrogens with one attached hydrogen (secondary N) is 1. The van der Waals surface area contributed by atoms with E-state index in [-0.39, 0.29) is 0 Å². The Morgan fingerprint density at radius 1 is 0.895 bits per heavy atom. The van der Waals surface area contributed by atoms with Gasteiger partial charge in [-0.1, -0.05) is 18.2 Å². The van der Waals surface area contributed by atoms with Crippen LogP contribution in [0.15, 0.2) is 54.7 Å². The molecule has 38 heavy (non-hydrogen) atoms. The predicted molar refractivity (Wildman–Crippen MR) is 147 cm³/mol. The molecular formula is C31H34N4O3. The van der Waals surface area contributed by atoms with Crippen LogP contribution in [0.5, 0.6) is 5.75 Å². The zero-order valence-electron chi connectivity index (χ0n) is 21.9. The second-order valence-electron chi connectivity index (χ2n) is 10.8. The monoisotopic (exact) mass is 510 g/mol. The van der Waals surface area contributed by atoms with Crippen molar-refractivity contribution in [1.29, 1.82) is 0 Å². The standard InChI is InChI=1S/C31H34N4O3/c1-36-12-13-38-28-10-6-21(7-11-28)30-29-15-24(17-32-31(29)34-33-30)23-3-2-20-4-8-25(9-5-22(20)14-23)35-26-16-27(35)19-37-18-26/h2-3,6-7,10-11,14-15,17,25-27H,4-5,8-9,12-13,16,18-19H2,1H3,(H,32,33,34)/t25-,26?,27?/m0/s1. The molecule has 2 aromatic heterocycles. The van der Waals surface area contributed by atoms with Crippen LogP contribution in [0.4, 0.5) is 0 Å². The number of hydrogen-bond acceptors (Lipinski definition) is 6. The minimum atomic E-state index is 0.534. The molecule has 0 spiro atoms. The Bertz CT molecular complexity index is 1420. The van der Waals surface area contributed by atoms with Crippen LogP contribution in [-0.4, -0.2) is 71.7 Å². The summed E-state index contributed by atoms with van der Waals surface area (Å²) in [7, 11) is 1.67. The van der Waals surface area contributed by atoms with Crippen molar-refractivity contribution in [3.05, 3.63) is 65.9 Å². The number of pyridine rings is 1. The summed E-state index contributed by atoms with van der Waals surface area (Å²) in [5, 5.41) is 8.68. The number of nitrogens with zero attached hydrogens (tertiary/aromatic N) is 3. The fourth-order valence-corrected chi connectivity index (χ4v) is 6.57. The SMILES string of the molecule is COCCOc1ccc(-c2[nH]nc3ncc(-c4ccc5c(c4)CC[C@@H](N4C6COCC4C6)CC5)cc23)cc1. The average molecular weight is 511 g/mol. The number of aromatic amines is 1. The number of methoxy groups -OCH3 is 1. The van der Waals surface area contributed by atoms with Crippen LogP contribution >= 0.6 is 0 Å². The molecule has 196 valence electrons. The number of rotatable bonds is 7. The van der Waals surface area contributed by atoms with Crippen molar-refractivity contribution in [2.24, 2.45) is 0 Å².